The van der Waals surface area contributed by atoms with Gasteiger partial charge in [-0.25, -0.2) is 0 Å². The van der Waals surface area contributed by atoms with Crippen molar-refractivity contribution < 1.29 is 5.11 Å². The van der Waals surface area contributed by atoms with Crippen molar-refractivity contribution in [3.8, 4) is 0 Å². The van der Waals surface area contributed by atoms with E-state index in [-0.39, 0.29) is 6.10 Å². The van der Waals surface area contributed by atoms with Crippen LogP contribution in [0.2, 0.25) is 0 Å². The first-order chi connectivity index (χ1) is 5.38. The molecule has 0 spiro atoms. The highest BCUT2D eigenvalue weighted by molar-refractivity contribution is 4.90. The summed E-state index contributed by atoms with van der Waals surface area (Å²) in [5, 5.41) is 12.9. The number of hydrogen-bond donors (Lipinski definition) is 2. The van der Waals surface area contributed by atoms with Gasteiger partial charge in [-0.1, -0.05) is 6.42 Å². The van der Waals surface area contributed by atoms with E-state index in [1.54, 1.807) is 0 Å². The van der Waals surface area contributed by atoms with Gasteiger partial charge in [0, 0.05) is 12.0 Å². The highest BCUT2D eigenvalue weighted by Crippen LogP contribution is 2.33. The molecule has 0 bridgehead atoms. The first-order valence-electron chi connectivity index (χ1n) is 4.79. The molecule has 0 aromatic heterocycles. The number of hydrogen-bond acceptors (Lipinski definition) is 2. The largest absolute Gasteiger partial charge is 0.393 e. The van der Waals surface area contributed by atoms with Crippen LogP contribution in [0.1, 0.15) is 32.1 Å². The first-order valence-corrected chi connectivity index (χ1v) is 4.79. The van der Waals surface area contributed by atoms with Crippen molar-refractivity contribution in [2.75, 3.05) is 6.54 Å². The number of aliphatic hydroxyl groups excluding tert-OH is 1. The van der Waals surface area contributed by atoms with Gasteiger partial charge in [0.05, 0.1) is 6.10 Å². The van der Waals surface area contributed by atoms with E-state index in [0.29, 0.717) is 12.0 Å². The molecule has 64 valence electrons. The van der Waals surface area contributed by atoms with Crippen LogP contribution in [0.5, 0.6) is 0 Å². The van der Waals surface area contributed by atoms with Crippen LogP contribution in [0.25, 0.3) is 0 Å². The van der Waals surface area contributed by atoms with E-state index in [0.717, 1.165) is 13.0 Å². The standard InChI is InChI=1S/C9H17NO/c11-9-5-4-7(9)8-3-1-2-6-10-8/h7-11H,1-6H2. The summed E-state index contributed by atoms with van der Waals surface area (Å²) in [5.74, 6) is 0.579. The number of piperidine rings is 1. The van der Waals surface area contributed by atoms with Crippen LogP contribution in [-0.4, -0.2) is 23.8 Å². The lowest BCUT2D eigenvalue weighted by atomic mass is 9.74. The smallest absolute Gasteiger partial charge is 0.0583 e. The zero-order chi connectivity index (χ0) is 7.68. The van der Waals surface area contributed by atoms with Gasteiger partial charge < -0.3 is 10.4 Å². The van der Waals surface area contributed by atoms with Gasteiger partial charge in [-0.05, 0) is 32.2 Å². The molecule has 0 aromatic carbocycles. The van der Waals surface area contributed by atoms with Crippen molar-refractivity contribution in [1.82, 2.24) is 5.32 Å². The molecule has 3 unspecified atom stereocenters. The van der Waals surface area contributed by atoms with Gasteiger partial charge >= 0.3 is 0 Å². The van der Waals surface area contributed by atoms with Crippen LogP contribution in [0, 0.1) is 5.92 Å². The maximum absolute atomic E-state index is 9.42. The molecule has 1 aliphatic carbocycles. The normalized spacial score (nSPS) is 45.0. The molecule has 3 atom stereocenters. The van der Waals surface area contributed by atoms with Gasteiger partial charge in [0.25, 0.3) is 0 Å². The monoisotopic (exact) mass is 155 g/mol. The van der Waals surface area contributed by atoms with E-state index in [1.807, 2.05) is 0 Å². The Morgan fingerprint density at radius 3 is 2.45 bits per heavy atom. The number of nitrogens with one attached hydrogen (secondary N) is 1. The summed E-state index contributed by atoms with van der Waals surface area (Å²) in [5.41, 5.74) is 0. The topological polar surface area (TPSA) is 32.3 Å². The van der Waals surface area contributed by atoms with Crippen LogP contribution >= 0.6 is 0 Å². The van der Waals surface area contributed by atoms with E-state index in [4.69, 9.17) is 0 Å². The van der Waals surface area contributed by atoms with Crippen molar-refractivity contribution >= 4 is 0 Å². The Morgan fingerprint density at radius 2 is 2.00 bits per heavy atom. The molecule has 2 aliphatic rings. The van der Waals surface area contributed by atoms with E-state index < -0.39 is 0 Å². The van der Waals surface area contributed by atoms with Crippen LogP contribution in [0.4, 0.5) is 0 Å². The Bertz CT molecular complexity index is 132. The van der Waals surface area contributed by atoms with Crippen LogP contribution in [-0.2, 0) is 0 Å². The summed E-state index contributed by atoms with van der Waals surface area (Å²) in [6.45, 7) is 1.16. The van der Waals surface area contributed by atoms with Crippen LogP contribution < -0.4 is 5.32 Å². The SMILES string of the molecule is OC1CCC1C1CCCCN1. The summed E-state index contributed by atoms with van der Waals surface area (Å²) in [4.78, 5) is 0. The minimum Gasteiger partial charge on any atom is -0.393 e. The second-order valence-corrected chi connectivity index (χ2v) is 3.86. The van der Waals surface area contributed by atoms with Gasteiger partial charge in [-0.3, -0.25) is 0 Å². The van der Waals surface area contributed by atoms with Gasteiger partial charge in [0.2, 0.25) is 0 Å². The molecular formula is C9H17NO. The Labute approximate surface area is 68.0 Å². The summed E-state index contributed by atoms with van der Waals surface area (Å²) in [6, 6.07) is 0.632. The van der Waals surface area contributed by atoms with E-state index in [2.05, 4.69) is 5.32 Å². The second-order valence-electron chi connectivity index (χ2n) is 3.86. The van der Waals surface area contributed by atoms with Crippen molar-refractivity contribution in [3.63, 3.8) is 0 Å². The molecule has 0 radical (unpaired) electrons. The lowest BCUT2D eigenvalue weighted by Crippen LogP contribution is -2.49. The fraction of sp³-hybridized carbons (Fsp3) is 1.00. The quantitative estimate of drug-likeness (QED) is 0.589. The third-order valence-corrected chi connectivity index (χ3v) is 3.16. The molecule has 11 heavy (non-hydrogen) atoms. The van der Waals surface area contributed by atoms with E-state index in [9.17, 15) is 5.11 Å². The summed E-state index contributed by atoms with van der Waals surface area (Å²) >= 11 is 0. The number of aliphatic hydroxyl groups is 1. The molecular weight excluding hydrogens is 138 g/mol. The van der Waals surface area contributed by atoms with Crippen molar-refractivity contribution in [1.29, 1.82) is 0 Å². The summed E-state index contributed by atoms with van der Waals surface area (Å²) < 4.78 is 0. The summed E-state index contributed by atoms with van der Waals surface area (Å²) in [6.07, 6.45) is 6.22. The molecule has 2 fully saturated rings. The average Bonchev–Trinajstić information content (AvgIpc) is 2.04. The molecule has 0 amide bonds. The van der Waals surface area contributed by atoms with Crippen molar-refractivity contribution in [2.24, 2.45) is 5.92 Å². The molecule has 1 aliphatic heterocycles. The van der Waals surface area contributed by atoms with Gasteiger partial charge in [-0.15, -0.1) is 0 Å². The Morgan fingerprint density at radius 1 is 1.09 bits per heavy atom. The van der Waals surface area contributed by atoms with E-state index in [1.165, 1.54) is 25.7 Å². The molecule has 1 saturated heterocycles. The fourth-order valence-corrected chi connectivity index (χ4v) is 2.22. The third-order valence-electron chi connectivity index (χ3n) is 3.16. The molecule has 1 heterocycles. The molecule has 2 N–H and O–H groups in total. The fourth-order valence-electron chi connectivity index (χ4n) is 2.22. The summed E-state index contributed by atoms with van der Waals surface area (Å²) in [7, 11) is 0. The highest BCUT2D eigenvalue weighted by atomic mass is 16.3. The molecule has 2 nitrogen and oxygen atoms in total. The Balaban J connectivity index is 1.83. The number of rotatable bonds is 1. The average molecular weight is 155 g/mol. The van der Waals surface area contributed by atoms with Crippen LogP contribution in [0.3, 0.4) is 0 Å². The highest BCUT2D eigenvalue weighted by Gasteiger charge is 2.35. The predicted molar refractivity (Wildman–Crippen MR) is 44.4 cm³/mol. The van der Waals surface area contributed by atoms with Crippen LogP contribution in [0.15, 0.2) is 0 Å². The minimum atomic E-state index is 0.00519. The molecule has 1 saturated carbocycles. The minimum absolute atomic E-state index is 0.00519. The van der Waals surface area contributed by atoms with Gasteiger partial charge in [-0.2, -0.15) is 0 Å². The third kappa shape index (κ3) is 1.42. The lowest BCUT2D eigenvalue weighted by molar-refractivity contribution is -0.00280. The predicted octanol–water partition coefficient (Wildman–Crippen LogP) is 0.899. The second kappa shape index (κ2) is 3.11. The van der Waals surface area contributed by atoms with Gasteiger partial charge in [0.15, 0.2) is 0 Å². The first kappa shape index (κ1) is 7.56. The molecule has 0 aromatic rings. The Hall–Kier alpha value is -0.0800. The van der Waals surface area contributed by atoms with Gasteiger partial charge in [0.1, 0.15) is 0 Å². The lowest BCUT2D eigenvalue weighted by Gasteiger charge is -2.40. The van der Waals surface area contributed by atoms with E-state index >= 15 is 0 Å². The van der Waals surface area contributed by atoms with Crippen molar-refractivity contribution in [3.05, 3.63) is 0 Å². The Kier molecular flexibility index (Phi) is 2.14. The maximum Gasteiger partial charge on any atom is 0.0583 e. The van der Waals surface area contributed by atoms with Crippen molar-refractivity contribution in [2.45, 2.75) is 44.2 Å². The maximum atomic E-state index is 9.42. The molecule has 2 heteroatoms. The zero-order valence-corrected chi connectivity index (χ0v) is 6.92. The molecule has 2 rings (SSSR count). The zero-order valence-electron chi connectivity index (χ0n) is 6.92.